The van der Waals surface area contributed by atoms with Crippen molar-refractivity contribution in [2.75, 3.05) is 23.7 Å². The molecule has 1 amide bonds. The lowest BCUT2D eigenvalue weighted by Crippen LogP contribution is -2.29. The number of hydrogen-bond acceptors (Lipinski definition) is 5. The second-order valence-corrected chi connectivity index (χ2v) is 10.1. The van der Waals surface area contributed by atoms with E-state index in [9.17, 15) is 17.6 Å². The molecule has 0 unspecified atom stereocenters. The molecule has 7 nitrogen and oxygen atoms in total. The highest BCUT2D eigenvalue weighted by molar-refractivity contribution is 7.92. The highest BCUT2D eigenvalue weighted by atomic mass is 32.2. The summed E-state index contributed by atoms with van der Waals surface area (Å²) < 4.78 is 50.2. The number of carbonyl (C=O) groups excluding carboxylic acids is 1. The topological polar surface area (TPSA) is 84.9 Å². The van der Waals surface area contributed by atoms with E-state index < -0.39 is 10.0 Å². The Morgan fingerprint density at radius 1 is 0.943 bits per heavy atom. The van der Waals surface area contributed by atoms with Gasteiger partial charge in [-0.1, -0.05) is 12.1 Å². The van der Waals surface area contributed by atoms with Crippen LogP contribution in [0.2, 0.25) is 0 Å². The maximum Gasteiger partial charge on any atom is 0.251 e. The van der Waals surface area contributed by atoms with Gasteiger partial charge in [0.05, 0.1) is 31.1 Å². The Hall–Kier alpha value is -3.59. The summed E-state index contributed by atoms with van der Waals surface area (Å²) >= 11 is 0. The number of ether oxygens (including phenoxy) is 2. The van der Waals surface area contributed by atoms with E-state index in [1.54, 1.807) is 48.5 Å². The highest BCUT2D eigenvalue weighted by Gasteiger charge is 2.18. The van der Waals surface area contributed by atoms with Crippen LogP contribution in [-0.4, -0.2) is 39.8 Å². The van der Waals surface area contributed by atoms with Crippen LogP contribution in [-0.2, 0) is 16.6 Å². The summed E-state index contributed by atoms with van der Waals surface area (Å²) in [5, 5.41) is 2.75. The molecule has 0 aliphatic carbocycles. The van der Waals surface area contributed by atoms with E-state index in [1.807, 2.05) is 13.8 Å². The molecule has 186 valence electrons. The quantitative estimate of drug-likeness (QED) is 0.395. The van der Waals surface area contributed by atoms with Gasteiger partial charge in [-0.15, -0.1) is 0 Å². The van der Waals surface area contributed by atoms with Gasteiger partial charge in [0.15, 0.2) is 0 Å². The number of halogens is 1. The average molecular weight is 501 g/mol. The van der Waals surface area contributed by atoms with Crippen LogP contribution in [0.3, 0.4) is 0 Å². The largest absolute Gasteiger partial charge is 0.492 e. The molecule has 0 aromatic heterocycles. The van der Waals surface area contributed by atoms with Crippen molar-refractivity contribution >= 4 is 21.6 Å². The molecule has 0 heterocycles. The summed E-state index contributed by atoms with van der Waals surface area (Å²) in [5.41, 5.74) is 1.69. The van der Waals surface area contributed by atoms with Gasteiger partial charge in [0.2, 0.25) is 10.0 Å². The van der Waals surface area contributed by atoms with Gasteiger partial charge in [-0.25, -0.2) is 12.8 Å². The normalized spacial score (nSPS) is 11.2. The average Bonchev–Trinajstić information content (AvgIpc) is 2.81. The first-order valence-corrected chi connectivity index (χ1v) is 13.0. The van der Waals surface area contributed by atoms with Crippen molar-refractivity contribution in [2.24, 2.45) is 0 Å². The van der Waals surface area contributed by atoms with Crippen molar-refractivity contribution in [3.63, 3.8) is 0 Å². The molecular formula is C26H29FN2O5S. The van der Waals surface area contributed by atoms with Crippen LogP contribution in [0.1, 0.15) is 29.8 Å². The minimum absolute atomic E-state index is 0.0184. The Balaban J connectivity index is 1.57. The van der Waals surface area contributed by atoms with Gasteiger partial charge in [-0.2, -0.15) is 0 Å². The Labute approximate surface area is 205 Å². The highest BCUT2D eigenvalue weighted by Crippen LogP contribution is 2.24. The van der Waals surface area contributed by atoms with Crippen LogP contribution in [0.15, 0.2) is 72.8 Å². The predicted molar refractivity (Wildman–Crippen MR) is 134 cm³/mol. The number of anilines is 1. The van der Waals surface area contributed by atoms with E-state index in [0.717, 1.165) is 11.8 Å². The van der Waals surface area contributed by atoms with Crippen LogP contribution in [0.25, 0.3) is 0 Å². The van der Waals surface area contributed by atoms with Gasteiger partial charge in [0.25, 0.3) is 5.91 Å². The van der Waals surface area contributed by atoms with E-state index >= 15 is 0 Å². The van der Waals surface area contributed by atoms with Crippen molar-refractivity contribution in [1.82, 2.24) is 5.32 Å². The monoisotopic (exact) mass is 500 g/mol. The molecule has 0 aliphatic heterocycles. The third-order valence-electron chi connectivity index (χ3n) is 4.91. The number of amides is 1. The molecule has 35 heavy (non-hydrogen) atoms. The lowest BCUT2D eigenvalue weighted by Gasteiger charge is -2.23. The third kappa shape index (κ3) is 7.99. The molecule has 0 aliphatic rings. The summed E-state index contributed by atoms with van der Waals surface area (Å²) in [5.74, 6) is 0.556. The lowest BCUT2D eigenvalue weighted by molar-refractivity contribution is 0.0947. The second-order valence-electron chi connectivity index (χ2n) is 8.19. The first-order chi connectivity index (χ1) is 16.6. The lowest BCUT2D eigenvalue weighted by atomic mass is 10.1. The second kappa shape index (κ2) is 11.7. The fourth-order valence-electron chi connectivity index (χ4n) is 3.26. The predicted octanol–water partition coefficient (Wildman–Crippen LogP) is 4.39. The van der Waals surface area contributed by atoms with E-state index in [4.69, 9.17) is 9.47 Å². The molecule has 9 heteroatoms. The van der Waals surface area contributed by atoms with Gasteiger partial charge in [0, 0.05) is 5.56 Å². The van der Waals surface area contributed by atoms with E-state index in [-0.39, 0.29) is 37.5 Å². The number of benzene rings is 3. The molecular weight excluding hydrogens is 471 g/mol. The van der Waals surface area contributed by atoms with Crippen molar-refractivity contribution in [2.45, 2.75) is 26.5 Å². The molecule has 0 atom stereocenters. The Morgan fingerprint density at radius 2 is 1.54 bits per heavy atom. The number of nitrogens with zero attached hydrogens (tertiary/aromatic N) is 1. The minimum atomic E-state index is -3.54. The third-order valence-corrected chi connectivity index (χ3v) is 6.05. The van der Waals surface area contributed by atoms with Crippen LogP contribution in [0.5, 0.6) is 11.5 Å². The SMILES string of the molecule is CC(C)Oc1ccc(N(Cc2ccc(C(=O)NCCOc3ccc(F)cc3)cc2)S(C)(=O)=O)cc1. The van der Waals surface area contributed by atoms with Gasteiger partial charge in [0.1, 0.15) is 23.9 Å². The van der Waals surface area contributed by atoms with Crippen LogP contribution in [0, 0.1) is 5.82 Å². The van der Waals surface area contributed by atoms with Crippen LogP contribution >= 0.6 is 0 Å². The maximum absolute atomic E-state index is 12.9. The molecule has 1 N–H and O–H groups in total. The summed E-state index contributed by atoms with van der Waals surface area (Å²) in [6, 6.07) is 19.2. The summed E-state index contributed by atoms with van der Waals surface area (Å²) in [7, 11) is -3.54. The van der Waals surface area contributed by atoms with Gasteiger partial charge < -0.3 is 14.8 Å². The fraction of sp³-hybridized carbons (Fsp3) is 0.269. The molecule has 0 saturated heterocycles. The number of carbonyl (C=O) groups is 1. The number of rotatable bonds is 11. The summed E-state index contributed by atoms with van der Waals surface area (Å²) in [4.78, 5) is 12.4. The minimum Gasteiger partial charge on any atom is -0.492 e. The van der Waals surface area contributed by atoms with E-state index in [0.29, 0.717) is 22.7 Å². The van der Waals surface area contributed by atoms with Crippen LogP contribution < -0.4 is 19.1 Å². The van der Waals surface area contributed by atoms with E-state index in [1.165, 1.54) is 28.6 Å². The smallest absolute Gasteiger partial charge is 0.251 e. The van der Waals surface area contributed by atoms with Crippen molar-refractivity contribution in [1.29, 1.82) is 0 Å². The fourth-order valence-corrected chi connectivity index (χ4v) is 4.15. The molecule has 0 saturated carbocycles. The first-order valence-electron chi connectivity index (χ1n) is 11.1. The van der Waals surface area contributed by atoms with Crippen molar-refractivity contribution in [3.05, 3.63) is 89.7 Å². The number of hydrogen-bond donors (Lipinski definition) is 1. The zero-order chi connectivity index (χ0) is 25.4. The maximum atomic E-state index is 12.9. The molecule has 0 spiro atoms. The standard InChI is InChI=1S/C26H29FN2O5S/c1-19(2)34-25-14-10-23(11-15-25)29(35(3,31)32)18-20-4-6-21(7-5-20)26(30)28-16-17-33-24-12-8-22(27)9-13-24/h4-15,19H,16-18H2,1-3H3,(H,28,30). The molecule has 0 radical (unpaired) electrons. The van der Waals surface area contributed by atoms with Gasteiger partial charge >= 0.3 is 0 Å². The Kier molecular flexibility index (Phi) is 8.70. The Morgan fingerprint density at radius 3 is 2.11 bits per heavy atom. The van der Waals surface area contributed by atoms with Crippen molar-refractivity contribution < 1.29 is 27.1 Å². The Bertz CT molecular complexity index is 1210. The number of nitrogens with one attached hydrogen (secondary N) is 1. The van der Waals surface area contributed by atoms with Gasteiger partial charge in [-0.05, 0) is 80.1 Å². The molecule has 3 aromatic rings. The summed E-state index contributed by atoms with van der Waals surface area (Å²) in [6.45, 7) is 4.47. The number of sulfonamides is 1. The van der Waals surface area contributed by atoms with Crippen molar-refractivity contribution in [3.8, 4) is 11.5 Å². The molecule has 3 aromatic carbocycles. The summed E-state index contributed by atoms with van der Waals surface area (Å²) in [6.07, 6.45) is 1.17. The zero-order valence-corrected chi connectivity index (χ0v) is 20.7. The molecule has 3 rings (SSSR count). The molecule has 0 fully saturated rings. The van der Waals surface area contributed by atoms with Crippen LogP contribution in [0.4, 0.5) is 10.1 Å². The zero-order valence-electron chi connectivity index (χ0n) is 19.9. The van der Waals surface area contributed by atoms with E-state index in [2.05, 4.69) is 5.32 Å². The molecule has 0 bridgehead atoms. The van der Waals surface area contributed by atoms with Gasteiger partial charge in [-0.3, -0.25) is 9.10 Å². The first kappa shape index (κ1) is 26.0.